The van der Waals surface area contributed by atoms with Gasteiger partial charge in [0.05, 0.1) is 6.54 Å². The minimum Gasteiger partial charge on any atom is -0.447 e. The number of cyclic esters (lactones) is 1. The van der Waals surface area contributed by atoms with Gasteiger partial charge < -0.3 is 4.74 Å². The van der Waals surface area contributed by atoms with Crippen molar-refractivity contribution in [2.75, 3.05) is 13.2 Å². The van der Waals surface area contributed by atoms with E-state index in [0.717, 1.165) is 18.5 Å². The standard InChI is InChI=1S/C9H11NO2/c11-9-10(6-7-12-9)8-4-2-1-3-5-8/h1-2,4H,3,5-7H2. The van der Waals surface area contributed by atoms with E-state index >= 15 is 0 Å². The molecule has 0 saturated carbocycles. The van der Waals surface area contributed by atoms with Crippen molar-refractivity contribution in [2.24, 2.45) is 0 Å². The van der Waals surface area contributed by atoms with Gasteiger partial charge in [0.1, 0.15) is 6.61 Å². The molecule has 0 aromatic heterocycles. The lowest BCUT2D eigenvalue weighted by Gasteiger charge is -2.17. The van der Waals surface area contributed by atoms with E-state index in [2.05, 4.69) is 6.08 Å². The van der Waals surface area contributed by atoms with Gasteiger partial charge >= 0.3 is 6.09 Å². The van der Waals surface area contributed by atoms with Crippen LogP contribution < -0.4 is 0 Å². The number of hydrogen-bond donors (Lipinski definition) is 0. The predicted molar refractivity (Wildman–Crippen MR) is 44.5 cm³/mol. The maximum atomic E-state index is 11.1. The topological polar surface area (TPSA) is 29.5 Å². The van der Waals surface area contributed by atoms with Crippen LogP contribution in [0.15, 0.2) is 23.9 Å². The zero-order chi connectivity index (χ0) is 8.39. The fourth-order valence-corrected chi connectivity index (χ4v) is 1.47. The maximum Gasteiger partial charge on any atom is 0.414 e. The Morgan fingerprint density at radius 2 is 2.42 bits per heavy atom. The largest absolute Gasteiger partial charge is 0.447 e. The zero-order valence-corrected chi connectivity index (χ0v) is 6.82. The van der Waals surface area contributed by atoms with Gasteiger partial charge in [0.25, 0.3) is 0 Å². The van der Waals surface area contributed by atoms with Gasteiger partial charge in [-0.25, -0.2) is 4.79 Å². The summed E-state index contributed by atoms with van der Waals surface area (Å²) in [5.41, 5.74) is 1.08. The summed E-state index contributed by atoms with van der Waals surface area (Å²) in [4.78, 5) is 12.8. The molecule has 0 aromatic rings. The van der Waals surface area contributed by atoms with Crippen LogP contribution in [0.25, 0.3) is 0 Å². The molecule has 3 heteroatoms. The van der Waals surface area contributed by atoms with Crippen LogP contribution in [0.3, 0.4) is 0 Å². The summed E-state index contributed by atoms with van der Waals surface area (Å²) >= 11 is 0. The molecule has 2 rings (SSSR count). The van der Waals surface area contributed by atoms with Crippen LogP contribution in [-0.4, -0.2) is 24.1 Å². The van der Waals surface area contributed by atoms with Crippen LogP contribution in [-0.2, 0) is 4.74 Å². The first-order valence-electron chi connectivity index (χ1n) is 4.18. The Balaban J connectivity index is 2.12. The number of amides is 1. The third-order valence-electron chi connectivity index (χ3n) is 2.10. The highest BCUT2D eigenvalue weighted by Gasteiger charge is 2.24. The van der Waals surface area contributed by atoms with Crippen molar-refractivity contribution in [3.05, 3.63) is 23.9 Å². The van der Waals surface area contributed by atoms with Crippen molar-refractivity contribution in [1.29, 1.82) is 0 Å². The van der Waals surface area contributed by atoms with Gasteiger partial charge in [-0.3, -0.25) is 4.90 Å². The van der Waals surface area contributed by atoms with E-state index in [9.17, 15) is 4.79 Å². The van der Waals surface area contributed by atoms with Crippen LogP contribution in [0.2, 0.25) is 0 Å². The molecule has 0 bridgehead atoms. The van der Waals surface area contributed by atoms with Crippen molar-refractivity contribution in [2.45, 2.75) is 12.8 Å². The van der Waals surface area contributed by atoms with Gasteiger partial charge in [-0.15, -0.1) is 0 Å². The lowest BCUT2D eigenvalue weighted by molar-refractivity contribution is 0.163. The average Bonchev–Trinajstić information content (AvgIpc) is 2.53. The molecule has 1 aliphatic carbocycles. The number of ether oxygens (including phenoxy) is 1. The molecule has 1 amide bonds. The predicted octanol–water partition coefficient (Wildman–Crippen LogP) is 1.67. The molecule has 2 aliphatic rings. The fourth-order valence-electron chi connectivity index (χ4n) is 1.47. The third-order valence-corrected chi connectivity index (χ3v) is 2.10. The summed E-state index contributed by atoms with van der Waals surface area (Å²) in [6.45, 7) is 1.23. The summed E-state index contributed by atoms with van der Waals surface area (Å²) in [5.74, 6) is 0. The molecule has 1 heterocycles. The van der Waals surface area contributed by atoms with E-state index in [1.807, 2.05) is 12.2 Å². The molecule has 0 radical (unpaired) electrons. The van der Waals surface area contributed by atoms with Crippen molar-refractivity contribution in [1.82, 2.24) is 4.90 Å². The van der Waals surface area contributed by atoms with E-state index in [0.29, 0.717) is 13.2 Å². The second kappa shape index (κ2) is 3.01. The first-order chi connectivity index (χ1) is 5.88. The van der Waals surface area contributed by atoms with E-state index in [1.54, 1.807) is 4.90 Å². The molecule has 64 valence electrons. The Bertz CT molecular complexity index is 255. The molecular weight excluding hydrogens is 154 g/mol. The molecule has 0 atom stereocenters. The fraction of sp³-hybridized carbons (Fsp3) is 0.444. The second-order valence-electron chi connectivity index (χ2n) is 2.89. The highest BCUT2D eigenvalue weighted by atomic mass is 16.6. The monoisotopic (exact) mass is 165 g/mol. The van der Waals surface area contributed by atoms with Gasteiger partial charge in [-0.2, -0.15) is 0 Å². The lowest BCUT2D eigenvalue weighted by Crippen LogP contribution is -2.23. The Morgan fingerprint density at radius 3 is 3.00 bits per heavy atom. The normalized spacial score (nSPS) is 22.5. The van der Waals surface area contributed by atoms with E-state index < -0.39 is 0 Å². The highest BCUT2D eigenvalue weighted by Crippen LogP contribution is 2.19. The minimum atomic E-state index is -0.198. The first-order valence-corrected chi connectivity index (χ1v) is 4.18. The quantitative estimate of drug-likeness (QED) is 0.591. The molecule has 0 N–H and O–H groups in total. The first kappa shape index (κ1) is 7.40. The number of allylic oxidation sites excluding steroid dienone is 4. The van der Waals surface area contributed by atoms with Crippen LogP contribution in [0.1, 0.15) is 12.8 Å². The molecular formula is C9H11NO2. The van der Waals surface area contributed by atoms with E-state index in [1.165, 1.54) is 0 Å². The van der Waals surface area contributed by atoms with E-state index in [4.69, 9.17) is 4.74 Å². The van der Waals surface area contributed by atoms with Gasteiger partial charge in [0, 0.05) is 5.70 Å². The third kappa shape index (κ3) is 1.22. The number of rotatable bonds is 1. The lowest BCUT2D eigenvalue weighted by atomic mass is 10.1. The Kier molecular flexibility index (Phi) is 1.86. The summed E-state index contributed by atoms with van der Waals surface area (Å²) in [5, 5.41) is 0. The van der Waals surface area contributed by atoms with Crippen molar-refractivity contribution >= 4 is 6.09 Å². The maximum absolute atomic E-state index is 11.1. The summed E-state index contributed by atoms with van der Waals surface area (Å²) in [6.07, 6.45) is 7.85. The Labute approximate surface area is 71.3 Å². The molecule has 1 aliphatic heterocycles. The number of carbonyl (C=O) groups is 1. The number of nitrogens with zero attached hydrogens (tertiary/aromatic N) is 1. The van der Waals surface area contributed by atoms with Crippen molar-refractivity contribution < 1.29 is 9.53 Å². The zero-order valence-electron chi connectivity index (χ0n) is 6.82. The molecule has 0 unspecified atom stereocenters. The van der Waals surface area contributed by atoms with Gasteiger partial charge in [0.2, 0.25) is 0 Å². The summed E-state index contributed by atoms with van der Waals surface area (Å²) in [7, 11) is 0. The summed E-state index contributed by atoms with van der Waals surface area (Å²) < 4.78 is 4.84. The molecule has 1 fully saturated rings. The minimum absolute atomic E-state index is 0.198. The number of hydrogen-bond acceptors (Lipinski definition) is 2. The van der Waals surface area contributed by atoms with Crippen LogP contribution >= 0.6 is 0 Å². The number of carbonyl (C=O) groups excluding carboxylic acids is 1. The van der Waals surface area contributed by atoms with Gasteiger partial charge in [-0.1, -0.05) is 12.2 Å². The van der Waals surface area contributed by atoms with Crippen LogP contribution in [0.5, 0.6) is 0 Å². The van der Waals surface area contributed by atoms with Gasteiger partial charge in [0.15, 0.2) is 0 Å². The summed E-state index contributed by atoms with van der Waals surface area (Å²) in [6, 6.07) is 0. The van der Waals surface area contributed by atoms with Gasteiger partial charge in [-0.05, 0) is 18.9 Å². The average molecular weight is 165 g/mol. The Hall–Kier alpha value is -1.25. The van der Waals surface area contributed by atoms with Crippen molar-refractivity contribution in [3.8, 4) is 0 Å². The van der Waals surface area contributed by atoms with Crippen LogP contribution in [0, 0.1) is 0 Å². The molecule has 0 spiro atoms. The molecule has 0 aromatic carbocycles. The SMILES string of the molecule is O=C1OCCN1C1=CC=CCC1. The highest BCUT2D eigenvalue weighted by molar-refractivity contribution is 5.71. The van der Waals surface area contributed by atoms with E-state index in [-0.39, 0.29) is 6.09 Å². The molecule has 1 saturated heterocycles. The molecule has 3 nitrogen and oxygen atoms in total. The molecule has 12 heavy (non-hydrogen) atoms. The smallest absolute Gasteiger partial charge is 0.414 e. The van der Waals surface area contributed by atoms with Crippen LogP contribution in [0.4, 0.5) is 4.79 Å². The van der Waals surface area contributed by atoms with Crippen molar-refractivity contribution in [3.63, 3.8) is 0 Å². The second-order valence-corrected chi connectivity index (χ2v) is 2.89. The Morgan fingerprint density at radius 1 is 1.50 bits per heavy atom.